The van der Waals surface area contributed by atoms with Crippen molar-refractivity contribution in [1.82, 2.24) is 10.2 Å². The molecular formula is C19H21N3O4. The van der Waals surface area contributed by atoms with E-state index in [0.717, 1.165) is 25.9 Å². The number of furan rings is 1. The highest BCUT2D eigenvalue weighted by Gasteiger charge is 2.40. The summed E-state index contributed by atoms with van der Waals surface area (Å²) in [4.78, 5) is 25.5. The first-order valence-corrected chi connectivity index (χ1v) is 8.92. The van der Waals surface area contributed by atoms with Gasteiger partial charge in [0, 0.05) is 29.8 Å². The molecule has 7 nitrogen and oxygen atoms in total. The summed E-state index contributed by atoms with van der Waals surface area (Å²) < 4.78 is 5.67. The maximum Gasteiger partial charge on any atom is 0.287 e. The van der Waals surface area contributed by atoms with Crippen LogP contribution >= 0.6 is 0 Å². The number of carbonyl (C=O) groups excluding carboxylic acids is 1. The third kappa shape index (κ3) is 2.99. The highest BCUT2D eigenvalue weighted by molar-refractivity contribution is 5.92. The highest BCUT2D eigenvalue weighted by Crippen LogP contribution is 2.32. The molecule has 1 aromatic heterocycles. The number of nitrogens with zero attached hydrogens (tertiary/aromatic N) is 2. The smallest absolute Gasteiger partial charge is 0.287 e. The van der Waals surface area contributed by atoms with E-state index in [9.17, 15) is 14.9 Å². The van der Waals surface area contributed by atoms with E-state index in [1.54, 1.807) is 24.3 Å². The Morgan fingerprint density at radius 3 is 2.73 bits per heavy atom. The van der Waals surface area contributed by atoms with Crippen LogP contribution in [0.1, 0.15) is 30.3 Å². The standard InChI is InChI=1S/C19H21N3O4/c1-12-18(13-7-9-21(12)10-8-13)20-19(23)17-6-5-16(26-17)14-3-2-4-15(11-14)22(24)25/h2-6,11-13,18H,7-10H2,1H3,(H,20,23). The van der Waals surface area contributed by atoms with E-state index in [1.807, 2.05) is 0 Å². The van der Waals surface area contributed by atoms with Gasteiger partial charge in [-0.2, -0.15) is 0 Å². The van der Waals surface area contributed by atoms with E-state index in [2.05, 4.69) is 17.1 Å². The Labute approximate surface area is 151 Å². The van der Waals surface area contributed by atoms with Gasteiger partial charge in [0.15, 0.2) is 5.76 Å². The Bertz CT molecular complexity index is 837. The molecule has 2 atom stereocenters. The first-order chi connectivity index (χ1) is 12.5. The maximum atomic E-state index is 12.6. The van der Waals surface area contributed by atoms with Crippen LogP contribution in [0.2, 0.25) is 0 Å². The summed E-state index contributed by atoms with van der Waals surface area (Å²) in [5.74, 6) is 0.966. The van der Waals surface area contributed by atoms with Crippen LogP contribution in [0.5, 0.6) is 0 Å². The molecule has 26 heavy (non-hydrogen) atoms. The number of nitrogens with one attached hydrogen (secondary N) is 1. The summed E-state index contributed by atoms with van der Waals surface area (Å²) in [6.07, 6.45) is 2.23. The number of hydrogen-bond donors (Lipinski definition) is 1. The number of non-ortho nitro benzene ring substituents is 1. The van der Waals surface area contributed by atoms with Crippen molar-refractivity contribution in [2.24, 2.45) is 5.92 Å². The molecule has 3 fully saturated rings. The van der Waals surface area contributed by atoms with E-state index in [-0.39, 0.29) is 23.4 Å². The Kier molecular flexibility index (Phi) is 4.24. The third-order valence-corrected chi connectivity index (χ3v) is 5.65. The Morgan fingerprint density at radius 2 is 2.04 bits per heavy atom. The van der Waals surface area contributed by atoms with Crippen molar-refractivity contribution in [1.29, 1.82) is 0 Å². The Morgan fingerprint density at radius 1 is 1.27 bits per heavy atom. The van der Waals surface area contributed by atoms with Crippen LogP contribution in [0.15, 0.2) is 40.8 Å². The quantitative estimate of drug-likeness (QED) is 0.672. The van der Waals surface area contributed by atoms with E-state index >= 15 is 0 Å². The minimum Gasteiger partial charge on any atom is -0.451 e. The summed E-state index contributed by atoms with van der Waals surface area (Å²) in [5.41, 5.74) is 0.570. The van der Waals surface area contributed by atoms with Crippen LogP contribution in [0.4, 0.5) is 5.69 Å². The molecule has 0 spiro atoms. The van der Waals surface area contributed by atoms with Crippen LogP contribution < -0.4 is 5.32 Å². The van der Waals surface area contributed by atoms with Crippen molar-refractivity contribution in [3.8, 4) is 11.3 Å². The molecule has 1 N–H and O–H groups in total. The molecule has 2 bridgehead atoms. The monoisotopic (exact) mass is 355 g/mol. The van der Waals surface area contributed by atoms with Crippen molar-refractivity contribution in [3.05, 3.63) is 52.3 Å². The highest BCUT2D eigenvalue weighted by atomic mass is 16.6. The second kappa shape index (κ2) is 6.57. The zero-order valence-corrected chi connectivity index (χ0v) is 14.6. The lowest BCUT2D eigenvalue weighted by Gasteiger charge is -2.49. The molecular weight excluding hydrogens is 334 g/mol. The van der Waals surface area contributed by atoms with Crippen LogP contribution in [-0.2, 0) is 0 Å². The molecule has 136 valence electrons. The Hall–Kier alpha value is -2.67. The van der Waals surface area contributed by atoms with Crippen LogP contribution in [0.3, 0.4) is 0 Å². The molecule has 3 saturated heterocycles. The van der Waals surface area contributed by atoms with Gasteiger partial charge in [-0.15, -0.1) is 0 Å². The van der Waals surface area contributed by atoms with Crippen LogP contribution in [0.25, 0.3) is 11.3 Å². The number of nitro groups is 1. The minimum absolute atomic E-state index is 0.00833. The van der Waals surface area contributed by atoms with Crippen molar-refractivity contribution in [2.45, 2.75) is 31.8 Å². The molecule has 3 aliphatic rings. The molecule has 7 heteroatoms. The number of hydrogen-bond acceptors (Lipinski definition) is 5. The van der Waals surface area contributed by atoms with Gasteiger partial charge in [0.05, 0.1) is 4.92 Å². The average Bonchev–Trinajstić information content (AvgIpc) is 3.15. The molecule has 1 aromatic carbocycles. The molecule has 2 unspecified atom stereocenters. The van der Waals surface area contributed by atoms with E-state index in [1.165, 1.54) is 12.1 Å². The van der Waals surface area contributed by atoms with E-state index in [4.69, 9.17) is 4.42 Å². The number of nitro benzene ring substituents is 1. The van der Waals surface area contributed by atoms with Gasteiger partial charge in [0.2, 0.25) is 0 Å². The predicted molar refractivity (Wildman–Crippen MR) is 95.8 cm³/mol. The number of fused-ring (bicyclic) bond motifs is 3. The van der Waals surface area contributed by atoms with Crippen molar-refractivity contribution >= 4 is 11.6 Å². The lowest BCUT2D eigenvalue weighted by Crippen LogP contribution is -2.62. The lowest BCUT2D eigenvalue weighted by molar-refractivity contribution is -0.384. The molecule has 0 aliphatic carbocycles. The largest absolute Gasteiger partial charge is 0.451 e. The summed E-state index contributed by atoms with van der Waals surface area (Å²) >= 11 is 0. The van der Waals surface area contributed by atoms with Gasteiger partial charge in [-0.3, -0.25) is 19.8 Å². The van der Waals surface area contributed by atoms with Gasteiger partial charge in [-0.1, -0.05) is 12.1 Å². The first kappa shape index (κ1) is 16.8. The fourth-order valence-corrected chi connectivity index (χ4v) is 4.16. The van der Waals surface area contributed by atoms with Gasteiger partial charge in [0.25, 0.3) is 11.6 Å². The number of rotatable bonds is 4. The molecule has 3 aliphatic heterocycles. The predicted octanol–water partition coefficient (Wildman–Crippen LogP) is 3.07. The summed E-state index contributed by atoms with van der Waals surface area (Å²) in [6, 6.07) is 9.95. The first-order valence-electron chi connectivity index (χ1n) is 8.92. The van der Waals surface area contributed by atoms with Gasteiger partial charge in [-0.05, 0) is 50.9 Å². The van der Waals surface area contributed by atoms with Crippen molar-refractivity contribution < 1.29 is 14.1 Å². The topological polar surface area (TPSA) is 88.6 Å². The summed E-state index contributed by atoms with van der Waals surface area (Å²) in [5, 5.41) is 14.0. The van der Waals surface area contributed by atoms with Gasteiger partial charge in [-0.25, -0.2) is 0 Å². The molecule has 0 saturated carbocycles. The number of piperidine rings is 3. The third-order valence-electron chi connectivity index (χ3n) is 5.65. The molecule has 4 heterocycles. The minimum atomic E-state index is -0.450. The second-order valence-corrected chi connectivity index (χ2v) is 7.08. The van der Waals surface area contributed by atoms with Crippen LogP contribution in [-0.4, -0.2) is 40.9 Å². The van der Waals surface area contributed by atoms with E-state index < -0.39 is 4.92 Å². The van der Waals surface area contributed by atoms with Crippen LogP contribution in [0, 0.1) is 16.0 Å². The fraction of sp³-hybridized carbons (Fsp3) is 0.421. The summed E-state index contributed by atoms with van der Waals surface area (Å²) in [7, 11) is 0. The molecule has 0 radical (unpaired) electrons. The zero-order valence-electron chi connectivity index (χ0n) is 14.6. The summed E-state index contributed by atoms with van der Waals surface area (Å²) in [6.45, 7) is 4.37. The molecule has 2 aromatic rings. The van der Waals surface area contributed by atoms with Crippen molar-refractivity contribution in [3.63, 3.8) is 0 Å². The zero-order chi connectivity index (χ0) is 18.3. The molecule has 1 amide bonds. The number of carbonyl (C=O) groups is 1. The number of benzene rings is 1. The molecule has 5 rings (SSSR count). The van der Waals surface area contributed by atoms with Crippen molar-refractivity contribution in [2.75, 3.05) is 13.1 Å². The fourth-order valence-electron chi connectivity index (χ4n) is 4.16. The lowest BCUT2D eigenvalue weighted by atomic mass is 9.79. The Balaban J connectivity index is 1.50. The van der Waals surface area contributed by atoms with Gasteiger partial charge in [0.1, 0.15) is 5.76 Å². The SMILES string of the molecule is CC1C(NC(=O)c2ccc(-c3cccc([N+](=O)[O-])c3)o2)C2CCN1CC2. The normalized spacial score (nSPS) is 27.3. The average molecular weight is 355 g/mol. The van der Waals surface area contributed by atoms with E-state index in [0.29, 0.717) is 23.3 Å². The number of amides is 1. The second-order valence-electron chi connectivity index (χ2n) is 7.08. The van der Waals surface area contributed by atoms with Gasteiger partial charge < -0.3 is 9.73 Å². The van der Waals surface area contributed by atoms with Gasteiger partial charge >= 0.3 is 0 Å². The maximum absolute atomic E-state index is 12.6.